The summed E-state index contributed by atoms with van der Waals surface area (Å²) in [6, 6.07) is 4.72. The summed E-state index contributed by atoms with van der Waals surface area (Å²) in [6.45, 7) is 0. The lowest BCUT2D eigenvalue weighted by Crippen LogP contribution is -2.31. The Morgan fingerprint density at radius 2 is 2.17 bits per heavy atom. The van der Waals surface area contributed by atoms with Gasteiger partial charge < -0.3 is 14.6 Å². The van der Waals surface area contributed by atoms with E-state index < -0.39 is 6.04 Å². The van der Waals surface area contributed by atoms with Gasteiger partial charge in [0.05, 0.1) is 14.2 Å². The summed E-state index contributed by atoms with van der Waals surface area (Å²) < 4.78 is 9.75. The van der Waals surface area contributed by atoms with E-state index in [0.717, 1.165) is 12.8 Å². The van der Waals surface area contributed by atoms with Crippen LogP contribution in [0.3, 0.4) is 0 Å². The van der Waals surface area contributed by atoms with Crippen molar-refractivity contribution in [3.8, 4) is 11.5 Å². The van der Waals surface area contributed by atoms with Crippen LogP contribution < -0.4 is 10.1 Å². The van der Waals surface area contributed by atoms with Crippen molar-refractivity contribution in [3.05, 3.63) is 23.8 Å². The maximum Gasteiger partial charge on any atom is 0.327 e. The molecule has 2 N–H and O–H groups in total. The van der Waals surface area contributed by atoms with Gasteiger partial charge in [-0.25, -0.2) is 4.79 Å². The number of hydrogen-bond acceptors (Lipinski definition) is 5. The van der Waals surface area contributed by atoms with Crippen LogP contribution in [0.25, 0.3) is 0 Å². The molecule has 5 heteroatoms. The fourth-order valence-corrected chi connectivity index (χ4v) is 1.79. The number of hydrogen-bond donors (Lipinski definition) is 2. The first kappa shape index (κ1) is 12.7. The minimum atomic E-state index is -0.542. The molecular weight excluding hydrogens is 234 g/mol. The number of benzene rings is 1. The Labute approximate surface area is 106 Å². The molecule has 1 unspecified atom stereocenters. The van der Waals surface area contributed by atoms with Crippen molar-refractivity contribution in [1.29, 1.82) is 0 Å². The van der Waals surface area contributed by atoms with E-state index in [1.54, 1.807) is 12.1 Å². The zero-order valence-corrected chi connectivity index (χ0v) is 10.5. The summed E-state index contributed by atoms with van der Waals surface area (Å²) in [5.74, 6) is 0.0433. The minimum absolute atomic E-state index is 0.0153. The Bertz CT molecular complexity index is 443. The fourth-order valence-electron chi connectivity index (χ4n) is 1.79. The Hall–Kier alpha value is -1.75. The molecule has 1 fully saturated rings. The van der Waals surface area contributed by atoms with Crippen molar-refractivity contribution in [1.82, 2.24) is 5.32 Å². The van der Waals surface area contributed by atoms with Crippen LogP contribution in [-0.4, -0.2) is 31.3 Å². The number of carbonyl (C=O) groups excluding carboxylic acids is 1. The molecule has 0 aliphatic heterocycles. The second-order valence-electron chi connectivity index (χ2n) is 4.33. The lowest BCUT2D eigenvalue weighted by atomic mass is 10.1. The molecule has 0 aromatic heterocycles. The molecule has 5 nitrogen and oxygen atoms in total. The molecule has 1 aliphatic rings. The highest BCUT2D eigenvalue weighted by Gasteiger charge is 2.30. The SMILES string of the molecule is COC(=O)C(NC1CC1)c1ccc(OC)c(O)c1. The fraction of sp³-hybridized carbons (Fsp3) is 0.462. The first-order valence-electron chi connectivity index (χ1n) is 5.86. The van der Waals surface area contributed by atoms with Crippen LogP contribution in [0.15, 0.2) is 18.2 Å². The first-order chi connectivity index (χ1) is 8.65. The molecule has 1 aromatic rings. The van der Waals surface area contributed by atoms with E-state index in [2.05, 4.69) is 5.32 Å². The summed E-state index contributed by atoms with van der Waals surface area (Å²) in [4.78, 5) is 11.7. The summed E-state index contributed by atoms with van der Waals surface area (Å²) in [5.41, 5.74) is 0.673. The highest BCUT2D eigenvalue weighted by molar-refractivity contribution is 5.78. The number of rotatable bonds is 5. The second-order valence-corrected chi connectivity index (χ2v) is 4.33. The van der Waals surface area contributed by atoms with Gasteiger partial charge in [-0.1, -0.05) is 6.07 Å². The second kappa shape index (κ2) is 5.27. The molecule has 0 heterocycles. The number of carbonyl (C=O) groups is 1. The van der Waals surface area contributed by atoms with Gasteiger partial charge in [-0.2, -0.15) is 0 Å². The third-order valence-electron chi connectivity index (χ3n) is 2.95. The van der Waals surface area contributed by atoms with Gasteiger partial charge in [-0.05, 0) is 30.5 Å². The van der Waals surface area contributed by atoms with E-state index in [1.165, 1.54) is 20.3 Å². The van der Waals surface area contributed by atoms with Gasteiger partial charge in [-0.3, -0.25) is 5.32 Å². The average Bonchev–Trinajstić information content (AvgIpc) is 3.19. The van der Waals surface area contributed by atoms with Gasteiger partial charge >= 0.3 is 5.97 Å². The highest BCUT2D eigenvalue weighted by atomic mass is 16.5. The zero-order chi connectivity index (χ0) is 13.1. The third kappa shape index (κ3) is 2.73. The van der Waals surface area contributed by atoms with Crippen molar-refractivity contribution < 1.29 is 19.4 Å². The average molecular weight is 251 g/mol. The normalized spacial score (nSPS) is 16.1. The molecule has 0 spiro atoms. The quantitative estimate of drug-likeness (QED) is 0.773. The van der Waals surface area contributed by atoms with Crippen LogP contribution >= 0.6 is 0 Å². The zero-order valence-electron chi connectivity index (χ0n) is 10.5. The van der Waals surface area contributed by atoms with E-state index >= 15 is 0 Å². The lowest BCUT2D eigenvalue weighted by Gasteiger charge is -2.17. The molecule has 0 radical (unpaired) electrons. The Balaban J connectivity index is 2.23. The third-order valence-corrected chi connectivity index (χ3v) is 2.95. The predicted molar refractivity (Wildman–Crippen MR) is 65.6 cm³/mol. The largest absolute Gasteiger partial charge is 0.504 e. The summed E-state index contributed by atoms with van der Waals surface area (Å²) in [7, 11) is 2.84. The van der Waals surface area contributed by atoms with Crippen molar-refractivity contribution in [3.63, 3.8) is 0 Å². The van der Waals surface area contributed by atoms with Crippen LogP contribution in [0, 0.1) is 0 Å². The summed E-state index contributed by atoms with van der Waals surface area (Å²) in [6.07, 6.45) is 2.13. The lowest BCUT2D eigenvalue weighted by molar-refractivity contribution is -0.143. The van der Waals surface area contributed by atoms with Crippen LogP contribution in [0.5, 0.6) is 11.5 Å². The number of ether oxygens (including phenoxy) is 2. The molecule has 98 valence electrons. The number of nitrogens with one attached hydrogen (secondary N) is 1. The van der Waals surface area contributed by atoms with Gasteiger partial charge in [0.2, 0.25) is 0 Å². The summed E-state index contributed by atoms with van der Waals surface area (Å²) in [5, 5.41) is 12.9. The summed E-state index contributed by atoms with van der Waals surface area (Å²) >= 11 is 0. The van der Waals surface area contributed by atoms with Gasteiger partial charge in [0.1, 0.15) is 6.04 Å². The molecule has 1 saturated carbocycles. The van der Waals surface area contributed by atoms with Crippen LogP contribution in [0.1, 0.15) is 24.4 Å². The van der Waals surface area contributed by atoms with E-state index in [-0.39, 0.29) is 11.7 Å². The topological polar surface area (TPSA) is 67.8 Å². The number of phenolic OH excluding ortho intramolecular Hbond substituents is 1. The molecule has 18 heavy (non-hydrogen) atoms. The molecule has 0 saturated heterocycles. The standard InChI is InChI=1S/C13H17NO4/c1-17-11-6-3-8(7-10(11)15)12(13(16)18-2)14-9-4-5-9/h3,6-7,9,12,14-15H,4-5H2,1-2H3. The molecule has 0 bridgehead atoms. The highest BCUT2D eigenvalue weighted by Crippen LogP contribution is 2.31. The van der Waals surface area contributed by atoms with Gasteiger partial charge in [-0.15, -0.1) is 0 Å². The molecule has 0 amide bonds. The van der Waals surface area contributed by atoms with Crippen molar-refractivity contribution in [2.24, 2.45) is 0 Å². The van der Waals surface area contributed by atoms with E-state index in [9.17, 15) is 9.90 Å². The van der Waals surface area contributed by atoms with Crippen molar-refractivity contribution >= 4 is 5.97 Å². The van der Waals surface area contributed by atoms with Crippen LogP contribution in [0.2, 0.25) is 0 Å². The molecular formula is C13H17NO4. The Morgan fingerprint density at radius 3 is 2.67 bits per heavy atom. The number of methoxy groups -OCH3 is 2. The van der Waals surface area contributed by atoms with Gasteiger partial charge in [0.25, 0.3) is 0 Å². The Kier molecular flexibility index (Phi) is 3.72. The molecule has 1 aromatic carbocycles. The molecule has 1 atom stereocenters. The maximum atomic E-state index is 11.7. The van der Waals surface area contributed by atoms with E-state index in [0.29, 0.717) is 17.4 Å². The number of aromatic hydroxyl groups is 1. The van der Waals surface area contributed by atoms with Crippen LogP contribution in [0.4, 0.5) is 0 Å². The number of phenols is 1. The predicted octanol–water partition coefficient (Wildman–Crippen LogP) is 1.37. The van der Waals surface area contributed by atoms with E-state index in [1.807, 2.05) is 0 Å². The number of esters is 1. The van der Waals surface area contributed by atoms with Crippen LogP contribution in [-0.2, 0) is 9.53 Å². The maximum absolute atomic E-state index is 11.7. The van der Waals surface area contributed by atoms with Gasteiger partial charge in [0, 0.05) is 6.04 Å². The van der Waals surface area contributed by atoms with E-state index in [4.69, 9.17) is 9.47 Å². The van der Waals surface area contributed by atoms with Crippen molar-refractivity contribution in [2.75, 3.05) is 14.2 Å². The Morgan fingerprint density at radius 1 is 1.44 bits per heavy atom. The molecule has 1 aliphatic carbocycles. The first-order valence-corrected chi connectivity index (χ1v) is 5.86. The monoisotopic (exact) mass is 251 g/mol. The van der Waals surface area contributed by atoms with Crippen molar-refractivity contribution in [2.45, 2.75) is 24.9 Å². The molecule has 2 rings (SSSR count). The smallest absolute Gasteiger partial charge is 0.327 e. The van der Waals surface area contributed by atoms with Gasteiger partial charge in [0.15, 0.2) is 11.5 Å². The minimum Gasteiger partial charge on any atom is -0.504 e.